The molecule has 0 saturated carbocycles. The van der Waals surface area contributed by atoms with Gasteiger partial charge in [-0.2, -0.15) is 0 Å². The summed E-state index contributed by atoms with van der Waals surface area (Å²) >= 11 is 10.0. The van der Waals surface area contributed by atoms with Crippen molar-refractivity contribution >= 4 is 24.0 Å². The molecule has 0 fully saturated rings. The second-order valence-corrected chi connectivity index (χ2v) is 3.14. The Hall–Kier alpha value is -0.360. The molecule has 0 saturated heterocycles. The van der Waals surface area contributed by atoms with Crippen molar-refractivity contribution in [2.45, 2.75) is 12.5 Å². The summed E-state index contributed by atoms with van der Waals surface area (Å²) in [5.41, 5.74) is 0.874. The minimum absolute atomic E-state index is 0.355. The molecular weight excluding hydrogens is 198 g/mol. The summed E-state index contributed by atoms with van der Waals surface area (Å²) in [7, 11) is 0. The van der Waals surface area contributed by atoms with Crippen molar-refractivity contribution in [3.63, 3.8) is 0 Å². The smallest absolute Gasteiger partial charge is 0.174 e. The van der Waals surface area contributed by atoms with Crippen molar-refractivity contribution < 1.29 is 5.11 Å². The van der Waals surface area contributed by atoms with E-state index < -0.39 is 6.10 Å². The number of H-pyrrole nitrogens is 2. The highest BCUT2D eigenvalue weighted by molar-refractivity contribution is 7.71. The number of imidazole rings is 1. The van der Waals surface area contributed by atoms with Gasteiger partial charge in [-0.1, -0.05) is 0 Å². The summed E-state index contributed by atoms with van der Waals surface area (Å²) in [6, 6.07) is 0. The zero-order valence-corrected chi connectivity index (χ0v) is 7.87. The van der Waals surface area contributed by atoms with Gasteiger partial charge in [0, 0.05) is 24.9 Å². The monoisotopic (exact) mass is 207 g/mol. The Labute approximate surface area is 80.1 Å². The van der Waals surface area contributed by atoms with E-state index in [-0.39, 0.29) is 0 Å². The second-order valence-electron chi connectivity index (χ2n) is 2.46. The fourth-order valence-corrected chi connectivity index (χ4v) is 1.26. The molecule has 0 aliphatic heterocycles. The van der Waals surface area contributed by atoms with Gasteiger partial charge in [0.25, 0.3) is 0 Å². The van der Waals surface area contributed by atoms with Gasteiger partial charge in [-0.05, 0) is 24.0 Å². The third kappa shape index (κ3) is 2.94. The summed E-state index contributed by atoms with van der Waals surface area (Å²) < 4.78 is 0.566. The molecule has 1 heterocycles. The second kappa shape index (κ2) is 4.61. The molecule has 0 aliphatic carbocycles. The van der Waals surface area contributed by atoms with Gasteiger partial charge in [0.2, 0.25) is 0 Å². The molecule has 6 heteroatoms. The van der Waals surface area contributed by atoms with Crippen molar-refractivity contribution in [1.82, 2.24) is 14.8 Å². The van der Waals surface area contributed by atoms with E-state index in [2.05, 4.69) is 14.8 Å². The third-order valence-electron chi connectivity index (χ3n) is 1.42. The van der Waals surface area contributed by atoms with Crippen LogP contribution in [-0.4, -0.2) is 27.7 Å². The maximum Gasteiger partial charge on any atom is 0.174 e. The highest BCUT2D eigenvalue weighted by Gasteiger charge is 2.04. The van der Waals surface area contributed by atoms with Crippen molar-refractivity contribution in [2.75, 3.05) is 6.54 Å². The van der Waals surface area contributed by atoms with Crippen molar-refractivity contribution in [1.29, 1.82) is 0 Å². The van der Waals surface area contributed by atoms with Crippen LogP contribution in [0.1, 0.15) is 5.69 Å². The third-order valence-corrected chi connectivity index (χ3v) is 1.79. The van der Waals surface area contributed by atoms with E-state index in [0.717, 1.165) is 5.69 Å². The summed E-state index contributed by atoms with van der Waals surface area (Å²) in [6.45, 7) is 0.355. The van der Waals surface area contributed by atoms with Crippen molar-refractivity contribution in [2.24, 2.45) is 0 Å². The summed E-state index contributed by atoms with van der Waals surface area (Å²) in [4.78, 5) is 8.07. The molecule has 1 atom stereocenters. The number of aliphatic hydroxyl groups excluding tert-OH is 1. The van der Waals surface area contributed by atoms with Gasteiger partial charge in [0.15, 0.2) is 4.77 Å². The lowest BCUT2D eigenvalue weighted by Gasteiger charge is -2.05. The first-order valence-corrected chi connectivity index (χ1v) is 4.29. The summed E-state index contributed by atoms with van der Waals surface area (Å²) in [5.74, 6) is 0. The first-order chi connectivity index (χ1) is 5.72. The quantitative estimate of drug-likeness (QED) is 0.435. The number of hydrogen-bond donors (Lipinski definition) is 4. The summed E-state index contributed by atoms with van der Waals surface area (Å²) in [5, 5.41) is 9.30. The Morgan fingerprint density at radius 3 is 3.00 bits per heavy atom. The van der Waals surface area contributed by atoms with Gasteiger partial charge in [-0.25, -0.2) is 4.84 Å². The molecule has 12 heavy (non-hydrogen) atoms. The highest BCUT2D eigenvalue weighted by atomic mass is 35.5. The van der Waals surface area contributed by atoms with E-state index in [0.29, 0.717) is 17.7 Å². The van der Waals surface area contributed by atoms with Crippen LogP contribution in [0.2, 0.25) is 0 Å². The van der Waals surface area contributed by atoms with Crippen LogP contribution in [0.3, 0.4) is 0 Å². The van der Waals surface area contributed by atoms with E-state index in [9.17, 15) is 5.11 Å². The van der Waals surface area contributed by atoms with Gasteiger partial charge in [0.05, 0.1) is 6.10 Å². The average Bonchev–Trinajstić information content (AvgIpc) is 2.36. The lowest BCUT2D eigenvalue weighted by Crippen LogP contribution is -2.22. The maximum atomic E-state index is 9.30. The highest BCUT2D eigenvalue weighted by Crippen LogP contribution is 1.98. The first kappa shape index (κ1) is 9.73. The molecule has 1 unspecified atom stereocenters. The minimum atomic E-state index is -0.496. The SMILES string of the molecule is OC(CNCl)Cc1c[nH]c(=S)[nH]1. The maximum absolute atomic E-state index is 9.30. The summed E-state index contributed by atoms with van der Waals surface area (Å²) in [6.07, 6.45) is 1.75. The predicted octanol–water partition coefficient (Wildman–Crippen LogP) is 0.719. The Kier molecular flexibility index (Phi) is 3.74. The fraction of sp³-hybridized carbons (Fsp3) is 0.500. The molecule has 1 aromatic heterocycles. The molecular formula is C6H10ClN3OS. The number of hydrogen-bond acceptors (Lipinski definition) is 3. The zero-order chi connectivity index (χ0) is 8.97. The van der Waals surface area contributed by atoms with Gasteiger partial charge >= 0.3 is 0 Å². The molecule has 0 amide bonds. The van der Waals surface area contributed by atoms with E-state index in [1.165, 1.54) is 0 Å². The topological polar surface area (TPSA) is 63.8 Å². The van der Waals surface area contributed by atoms with Gasteiger partial charge < -0.3 is 15.1 Å². The number of rotatable bonds is 4. The van der Waals surface area contributed by atoms with Crippen LogP contribution in [0.4, 0.5) is 0 Å². The fourth-order valence-electron chi connectivity index (χ4n) is 0.896. The lowest BCUT2D eigenvalue weighted by molar-refractivity contribution is 0.178. The van der Waals surface area contributed by atoms with E-state index >= 15 is 0 Å². The Morgan fingerprint density at radius 1 is 1.75 bits per heavy atom. The first-order valence-electron chi connectivity index (χ1n) is 3.50. The van der Waals surface area contributed by atoms with Gasteiger partial charge in [0.1, 0.15) is 0 Å². The minimum Gasteiger partial charge on any atom is -0.391 e. The van der Waals surface area contributed by atoms with Crippen LogP contribution in [0.5, 0.6) is 0 Å². The largest absolute Gasteiger partial charge is 0.391 e. The molecule has 0 aromatic carbocycles. The molecule has 4 N–H and O–H groups in total. The van der Waals surface area contributed by atoms with Gasteiger partial charge in [-0.15, -0.1) is 0 Å². The van der Waals surface area contributed by atoms with Crippen LogP contribution in [0.15, 0.2) is 6.20 Å². The number of aromatic amines is 2. The van der Waals surface area contributed by atoms with Gasteiger partial charge in [-0.3, -0.25) is 0 Å². The standard InChI is InChI=1S/C6H10ClN3OS/c7-9-3-5(11)1-4-2-8-6(12)10-4/h2,5,9,11H,1,3H2,(H2,8,10,12). The Morgan fingerprint density at radius 2 is 2.50 bits per heavy atom. The molecule has 0 bridgehead atoms. The average molecular weight is 208 g/mol. The van der Waals surface area contributed by atoms with Crippen molar-refractivity contribution in [3.8, 4) is 0 Å². The Balaban J connectivity index is 2.46. The van der Waals surface area contributed by atoms with Crippen molar-refractivity contribution in [3.05, 3.63) is 16.7 Å². The van der Waals surface area contributed by atoms with Crippen LogP contribution in [0, 0.1) is 4.77 Å². The lowest BCUT2D eigenvalue weighted by atomic mass is 10.2. The van der Waals surface area contributed by atoms with Crippen LogP contribution < -0.4 is 4.84 Å². The van der Waals surface area contributed by atoms with E-state index in [4.69, 9.17) is 24.0 Å². The molecule has 4 nitrogen and oxygen atoms in total. The van der Waals surface area contributed by atoms with Crippen LogP contribution >= 0.6 is 24.0 Å². The van der Waals surface area contributed by atoms with E-state index in [1.54, 1.807) is 6.20 Å². The molecule has 0 spiro atoms. The Bertz CT molecular complexity index is 284. The zero-order valence-electron chi connectivity index (χ0n) is 6.30. The number of aliphatic hydroxyl groups is 1. The number of aromatic nitrogens is 2. The molecule has 1 aromatic rings. The van der Waals surface area contributed by atoms with Crippen LogP contribution in [-0.2, 0) is 6.42 Å². The predicted molar refractivity (Wildman–Crippen MR) is 49.5 cm³/mol. The molecule has 0 radical (unpaired) electrons. The molecule has 68 valence electrons. The molecule has 0 aliphatic rings. The number of halogens is 1. The number of nitrogens with one attached hydrogen (secondary N) is 3. The van der Waals surface area contributed by atoms with Crippen LogP contribution in [0.25, 0.3) is 0 Å². The molecule has 1 rings (SSSR count). The normalized spacial score (nSPS) is 13.2. The van der Waals surface area contributed by atoms with E-state index in [1.807, 2.05) is 0 Å².